The van der Waals surface area contributed by atoms with E-state index in [1.165, 1.54) is 0 Å². The van der Waals surface area contributed by atoms with Crippen molar-refractivity contribution in [3.8, 4) is 0 Å². The number of thiocarbonyl (C=S) groups is 1. The highest BCUT2D eigenvalue weighted by Gasteiger charge is 2.19. The molecule has 0 spiro atoms. The molecular formula is C20H14N4S. The number of hydrogen-bond donors (Lipinski definition) is 2. The lowest BCUT2D eigenvalue weighted by Crippen LogP contribution is -2.25. The zero-order chi connectivity index (χ0) is 16.8. The number of rotatable bonds is 0. The topological polar surface area (TPSA) is 52.5 Å². The Balaban J connectivity index is 1.67. The molecule has 1 unspecified atom stereocenters. The van der Waals surface area contributed by atoms with Crippen molar-refractivity contribution in [3.63, 3.8) is 0 Å². The monoisotopic (exact) mass is 342 g/mol. The average Bonchev–Trinajstić information content (AvgIpc) is 3.33. The van der Waals surface area contributed by atoms with Crippen LogP contribution in [-0.2, 0) is 0 Å². The van der Waals surface area contributed by atoms with Crippen LogP contribution in [-0.4, -0.2) is 27.3 Å². The third-order valence-electron chi connectivity index (χ3n) is 4.27. The first-order chi connectivity index (χ1) is 12.2. The molecule has 0 saturated heterocycles. The maximum Gasteiger partial charge on any atom is 0.0823 e. The highest BCUT2D eigenvalue weighted by atomic mass is 32.1. The van der Waals surface area contributed by atoms with Crippen LogP contribution < -0.4 is 16.0 Å². The van der Waals surface area contributed by atoms with E-state index in [1.807, 2.05) is 60.7 Å². The number of H-pyrrole nitrogens is 1. The zero-order valence-corrected chi connectivity index (χ0v) is 14.0. The van der Waals surface area contributed by atoms with Gasteiger partial charge in [0.15, 0.2) is 0 Å². The van der Waals surface area contributed by atoms with Gasteiger partial charge in [-0.05, 0) is 66.8 Å². The van der Waals surface area contributed by atoms with Gasteiger partial charge in [-0.25, -0.2) is 9.98 Å². The van der Waals surface area contributed by atoms with Crippen LogP contribution in [0.5, 0.6) is 0 Å². The van der Waals surface area contributed by atoms with Crippen LogP contribution in [0.1, 0.15) is 0 Å². The van der Waals surface area contributed by atoms with Crippen LogP contribution in [0.3, 0.4) is 0 Å². The third kappa shape index (κ3) is 2.79. The number of nitrogens with zero attached hydrogens (tertiary/aromatic N) is 2. The molecule has 4 aliphatic heterocycles. The van der Waals surface area contributed by atoms with Gasteiger partial charge in [-0.2, -0.15) is 0 Å². The SMILES string of the molecule is S=C1C=C2C=C3C=CC(=N3)C=c3ccc([nH]3)=CC3=NC(=CC1N2)C=C3. The second kappa shape index (κ2) is 5.50. The minimum atomic E-state index is -0.0185. The van der Waals surface area contributed by atoms with Crippen molar-refractivity contribution in [2.75, 3.05) is 0 Å². The molecule has 0 aromatic carbocycles. The van der Waals surface area contributed by atoms with Gasteiger partial charge in [0.1, 0.15) is 0 Å². The maximum absolute atomic E-state index is 5.49. The van der Waals surface area contributed by atoms with E-state index in [1.54, 1.807) is 0 Å². The van der Waals surface area contributed by atoms with Crippen molar-refractivity contribution in [2.45, 2.75) is 6.04 Å². The number of aromatic nitrogens is 1. The van der Waals surface area contributed by atoms with Crippen molar-refractivity contribution in [1.29, 1.82) is 0 Å². The number of aromatic amines is 1. The number of allylic oxidation sites excluding steroid dienone is 5. The fourth-order valence-corrected chi connectivity index (χ4v) is 3.37. The van der Waals surface area contributed by atoms with E-state index in [0.717, 1.165) is 44.1 Å². The summed E-state index contributed by atoms with van der Waals surface area (Å²) in [4.78, 5) is 13.5. The van der Waals surface area contributed by atoms with Crippen LogP contribution in [0.25, 0.3) is 12.2 Å². The molecule has 4 nitrogen and oxygen atoms in total. The van der Waals surface area contributed by atoms with Crippen LogP contribution in [0.2, 0.25) is 0 Å². The highest BCUT2D eigenvalue weighted by molar-refractivity contribution is 7.81. The molecule has 1 aromatic heterocycles. The Kier molecular flexibility index (Phi) is 3.15. The molecule has 1 aromatic rings. The lowest BCUT2D eigenvalue weighted by atomic mass is 10.2. The van der Waals surface area contributed by atoms with Crippen LogP contribution in [0.4, 0.5) is 0 Å². The molecule has 25 heavy (non-hydrogen) atoms. The first kappa shape index (κ1) is 14.3. The van der Waals surface area contributed by atoms with Gasteiger partial charge in [-0.3, -0.25) is 0 Å². The Labute approximate surface area is 149 Å². The number of nitrogens with one attached hydrogen (secondary N) is 2. The van der Waals surface area contributed by atoms with E-state index in [0.29, 0.717) is 0 Å². The van der Waals surface area contributed by atoms with Gasteiger partial charge in [-0.1, -0.05) is 12.2 Å². The van der Waals surface area contributed by atoms with Crippen molar-refractivity contribution < 1.29 is 0 Å². The number of aliphatic imine (C=N–C) groups is 2. The predicted molar refractivity (Wildman–Crippen MR) is 106 cm³/mol. The highest BCUT2D eigenvalue weighted by Crippen LogP contribution is 2.18. The van der Waals surface area contributed by atoms with Gasteiger partial charge in [0.2, 0.25) is 0 Å². The number of fused-ring (bicyclic) bond motifs is 6. The average molecular weight is 342 g/mol. The molecule has 8 bridgehead atoms. The van der Waals surface area contributed by atoms with E-state index >= 15 is 0 Å². The van der Waals surface area contributed by atoms with Gasteiger partial charge in [0.25, 0.3) is 0 Å². The van der Waals surface area contributed by atoms with Crippen molar-refractivity contribution in [1.82, 2.24) is 10.3 Å². The van der Waals surface area contributed by atoms with E-state index in [2.05, 4.69) is 26.4 Å². The molecule has 5 rings (SSSR count). The lowest BCUT2D eigenvalue weighted by Gasteiger charge is -2.08. The first-order valence-corrected chi connectivity index (χ1v) is 8.50. The molecule has 5 heterocycles. The largest absolute Gasteiger partial charge is 0.374 e. The minimum absolute atomic E-state index is 0.0185. The summed E-state index contributed by atoms with van der Waals surface area (Å²) in [6, 6.07) is 4.07. The quantitative estimate of drug-likeness (QED) is 0.704. The summed E-state index contributed by atoms with van der Waals surface area (Å²) in [6.07, 6.45) is 18.2. The third-order valence-corrected chi connectivity index (χ3v) is 4.64. The standard InChI is InChI=1S/C20H14N4S/c25-20-11-18-9-16-4-3-14(22-16)7-12-1-2-13(21-12)8-15-5-6-17(23-15)10-19(20)24-18/h1-11,19,21,24H. The van der Waals surface area contributed by atoms with Crippen LogP contribution >= 0.6 is 12.2 Å². The molecule has 0 radical (unpaired) electrons. The van der Waals surface area contributed by atoms with Gasteiger partial charge in [0.05, 0.1) is 28.9 Å². The lowest BCUT2D eigenvalue weighted by molar-refractivity contribution is 0.871. The van der Waals surface area contributed by atoms with Crippen LogP contribution in [0, 0.1) is 0 Å². The molecule has 1 atom stereocenters. The summed E-state index contributed by atoms with van der Waals surface area (Å²) in [5, 5.41) is 5.45. The summed E-state index contributed by atoms with van der Waals surface area (Å²) in [5.41, 5.74) is 4.64. The van der Waals surface area contributed by atoms with E-state index in [-0.39, 0.29) is 6.04 Å². The summed E-state index contributed by atoms with van der Waals surface area (Å²) in [7, 11) is 0. The second-order valence-electron chi connectivity index (χ2n) is 6.18. The molecule has 0 aliphatic carbocycles. The first-order valence-electron chi connectivity index (χ1n) is 8.09. The van der Waals surface area contributed by atoms with Crippen molar-refractivity contribution in [3.05, 3.63) is 82.5 Å². The summed E-state index contributed by atoms with van der Waals surface area (Å²) < 4.78 is 0. The molecule has 4 aliphatic rings. The predicted octanol–water partition coefficient (Wildman–Crippen LogP) is 1.60. The normalized spacial score (nSPS) is 23.1. The summed E-state index contributed by atoms with van der Waals surface area (Å²) in [6.45, 7) is 0. The molecule has 0 amide bonds. The fourth-order valence-electron chi connectivity index (χ4n) is 3.11. The molecule has 2 N–H and O–H groups in total. The van der Waals surface area contributed by atoms with E-state index < -0.39 is 0 Å². The second-order valence-corrected chi connectivity index (χ2v) is 6.65. The smallest absolute Gasteiger partial charge is 0.0823 e. The Morgan fingerprint density at radius 1 is 0.800 bits per heavy atom. The summed E-state index contributed by atoms with van der Waals surface area (Å²) in [5.74, 6) is 0. The zero-order valence-electron chi connectivity index (χ0n) is 13.2. The molecular weight excluding hydrogens is 328 g/mol. The minimum Gasteiger partial charge on any atom is -0.374 e. The Morgan fingerprint density at radius 2 is 1.48 bits per heavy atom. The Morgan fingerprint density at radius 3 is 2.24 bits per heavy atom. The van der Waals surface area contributed by atoms with Gasteiger partial charge < -0.3 is 10.3 Å². The molecule has 120 valence electrons. The van der Waals surface area contributed by atoms with Crippen molar-refractivity contribution in [2.24, 2.45) is 9.98 Å². The molecule has 0 saturated carbocycles. The molecule has 0 fully saturated rings. The van der Waals surface area contributed by atoms with Gasteiger partial charge in [0, 0.05) is 21.3 Å². The van der Waals surface area contributed by atoms with Crippen molar-refractivity contribution >= 4 is 40.7 Å². The molecule has 5 heteroatoms. The maximum atomic E-state index is 5.49. The van der Waals surface area contributed by atoms with Crippen LogP contribution in [0.15, 0.2) is 81.7 Å². The number of hydrogen-bond acceptors (Lipinski definition) is 4. The summed E-state index contributed by atoms with van der Waals surface area (Å²) >= 11 is 5.49. The fraction of sp³-hybridized carbons (Fsp3) is 0.0500. The van der Waals surface area contributed by atoms with Gasteiger partial charge >= 0.3 is 0 Å². The van der Waals surface area contributed by atoms with E-state index in [4.69, 9.17) is 12.2 Å². The van der Waals surface area contributed by atoms with E-state index in [9.17, 15) is 0 Å². The Hall–Kier alpha value is -3.05. The Bertz CT molecular complexity index is 1130. The van der Waals surface area contributed by atoms with Gasteiger partial charge in [-0.15, -0.1) is 0 Å².